The maximum atomic E-state index is 12.0. The van der Waals surface area contributed by atoms with Crippen molar-refractivity contribution in [2.75, 3.05) is 0 Å². The summed E-state index contributed by atoms with van der Waals surface area (Å²) in [5.41, 5.74) is 6.88. The molecule has 0 aliphatic heterocycles. The monoisotopic (exact) mass is 259 g/mol. The first-order chi connectivity index (χ1) is 8.44. The summed E-state index contributed by atoms with van der Waals surface area (Å²) in [5, 5.41) is 0. The van der Waals surface area contributed by atoms with E-state index < -0.39 is 6.36 Å². The predicted molar refractivity (Wildman–Crippen MR) is 62.0 cm³/mol. The van der Waals surface area contributed by atoms with E-state index in [0.717, 1.165) is 12.0 Å². The van der Waals surface area contributed by atoms with Crippen LogP contribution in [0.2, 0.25) is 0 Å². The minimum Gasteiger partial charge on any atom is -0.406 e. The van der Waals surface area contributed by atoms with E-state index in [4.69, 9.17) is 5.73 Å². The first-order valence-electron chi connectivity index (χ1n) is 6.05. The van der Waals surface area contributed by atoms with E-state index in [1.807, 2.05) is 0 Å². The van der Waals surface area contributed by atoms with E-state index >= 15 is 0 Å². The highest BCUT2D eigenvalue weighted by molar-refractivity contribution is 5.29. The fourth-order valence-electron chi connectivity index (χ4n) is 2.14. The summed E-state index contributed by atoms with van der Waals surface area (Å²) in [4.78, 5) is 0. The topological polar surface area (TPSA) is 35.2 Å². The number of benzene rings is 1. The summed E-state index contributed by atoms with van der Waals surface area (Å²) >= 11 is 0. The highest BCUT2D eigenvalue weighted by atomic mass is 19.4. The molecule has 1 aliphatic carbocycles. The lowest BCUT2D eigenvalue weighted by Crippen LogP contribution is -2.20. The zero-order chi connectivity index (χ0) is 13.2. The van der Waals surface area contributed by atoms with Gasteiger partial charge in [-0.05, 0) is 30.0 Å². The summed E-state index contributed by atoms with van der Waals surface area (Å²) in [5.74, 6) is 0.466. The molecule has 100 valence electrons. The molecule has 1 fully saturated rings. The van der Waals surface area contributed by atoms with E-state index in [2.05, 4.69) is 4.74 Å². The lowest BCUT2D eigenvalue weighted by Gasteiger charge is -2.28. The van der Waals surface area contributed by atoms with Crippen molar-refractivity contribution in [2.45, 2.75) is 38.1 Å². The zero-order valence-electron chi connectivity index (χ0n) is 9.91. The lowest BCUT2D eigenvalue weighted by molar-refractivity contribution is -0.274. The quantitative estimate of drug-likeness (QED) is 0.893. The van der Waals surface area contributed by atoms with Crippen molar-refractivity contribution < 1.29 is 17.9 Å². The van der Waals surface area contributed by atoms with E-state index in [-0.39, 0.29) is 11.8 Å². The molecule has 0 saturated heterocycles. The van der Waals surface area contributed by atoms with Crippen LogP contribution in [0.5, 0.6) is 5.75 Å². The maximum Gasteiger partial charge on any atom is 0.573 e. The average molecular weight is 259 g/mol. The molecular formula is C13H16F3NO. The fraction of sp³-hybridized carbons (Fsp3) is 0.538. The van der Waals surface area contributed by atoms with Crippen LogP contribution >= 0.6 is 0 Å². The Kier molecular flexibility index (Phi) is 3.80. The highest BCUT2D eigenvalue weighted by Crippen LogP contribution is 2.34. The van der Waals surface area contributed by atoms with E-state index in [1.165, 1.54) is 31.4 Å². The van der Waals surface area contributed by atoms with E-state index in [0.29, 0.717) is 5.92 Å². The minimum absolute atomic E-state index is 0.102. The Morgan fingerprint density at radius 2 is 1.83 bits per heavy atom. The summed E-state index contributed by atoms with van der Waals surface area (Å²) in [6, 6.07) is 5.72. The first kappa shape index (κ1) is 13.2. The fourth-order valence-corrected chi connectivity index (χ4v) is 2.14. The molecule has 1 aromatic rings. The van der Waals surface area contributed by atoms with Crippen LogP contribution in [0.4, 0.5) is 13.2 Å². The Hall–Kier alpha value is -1.23. The summed E-state index contributed by atoms with van der Waals surface area (Å²) in [6.07, 6.45) is -0.0588. The van der Waals surface area contributed by atoms with Gasteiger partial charge in [0, 0.05) is 6.04 Å². The Bertz CT molecular complexity index is 384. The van der Waals surface area contributed by atoms with Crippen molar-refractivity contribution in [1.82, 2.24) is 0 Å². The van der Waals surface area contributed by atoms with Crippen LogP contribution in [0.1, 0.15) is 37.3 Å². The molecular weight excluding hydrogens is 243 g/mol. The second kappa shape index (κ2) is 5.18. The van der Waals surface area contributed by atoms with Gasteiger partial charge in [-0.15, -0.1) is 13.2 Å². The first-order valence-corrected chi connectivity index (χ1v) is 6.05. The SMILES string of the molecule is NC(CC1CCC1)c1ccc(OC(F)(F)F)cc1. The molecule has 1 atom stereocenters. The van der Waals surface area contributed by atoms with Gasteiger partial charge < -0.3 is 10.5 Å². The van der Waals surface area contributed by atoms with Gasteiger partial charge in [-0.3, -0.25) is 0 Å². The van der Waals surface area contributed by atoms with Crippen LogP contribution in [0.3, 0.4) is 0 Å². The van der Waals surface area contributed by atoms with Crippen LogP contribution < -0.4 is 10.5 Å². The number of ether oxygens (including phenoxy) is 1. The van der Waals surface area contributed by atoms with Gasteiger partial charge in [0.05, 0.1) is 0 Å². The molecule has 0 heterocycles. The third-order valence-corrected chi connectivity index (χ3v) is 3.35. The molecule has 2 rings (SSSR count). The van der Waals surface area contributed by atoms with E-state index in [9.17, 15) is 13.2 Å². The van der Waals surface area contributed by atoms with Crippen molar-refractivity contribution in [2.24, 2.45) is 11.7 Å². The van der Waals surface area contributed by atoms with Crippen LogP contribution in [-0.4, -0.2) is 6.36 Å². The third kappa shape index (κ3) is 3.63. The molecule has 2 N–H and O–H groups in total. The zero-order valence-corrected chi connectivity index (χ0v) is 9.91. The van der Waals surface area contributed by atoms with Crippen molar-refractivity contribution in [3.8, 4) is 5.75 Å². The Morgan fingerprint density at radius 1 is 1.22 bits per heavy atom. The molecule has 0 radical (unpaired) electrons. The largest absolute Gasteiger partial charge is 0.573 e. The molecule has 0 spiro atoms. The molecule has 0 bridgehead atoms. The van der Waals surface area contributed by atoms with Gasteiger partial charge in [0.2, 0.25) is 0 Å². The van der Waals surface area contributed by atoms with Crippen LogP contribution in [-0.2, 0) is 0 Å². The van der Waals surface area contributed by atoms with Gasteiger partial charge in [0.25, 0.3) is 0 Å². The van der Waals surface area contributed by atoms with Gasteiger partial charge in [0.1, 0.15) is 5.75 Å². The van der Waals surface area contributed by atoms with Crippen molar-refractivity contribution >= 4 is 0 Å². The molecule has 1 aliphatic rings. The van der Waals surface area contributed by atoms with Gasteiger partial charge in [-0.25, -0.2) is 0 Å². The second-order valence-electron chi connectivity index (χ2n) is 4.76. The van der Waals surface area contributed by atoms with E-state index in [1.54, 1.807) is 12.1 Å². The van der Waals surface area contributed by atoms with Gasteiger partial charge in [-0.2, -0.15) is 0 Å². The molecule has 0 amide bonds. The third-order valence-electron chi connectivity index (χ3n) is 3.35. The molecule has 5 heteroatoms. The Labute approximate surface area is 104 Å². The summed E-state index contributed by atoms with van der Waals surface area (Å²) in [7, 11) is 0. The molecule has 18 heavy (non-hydrogen) atoms. The lowest BCUT2D eigenvalue weighted by atomic mass is 9.80. The van der Waals surface area contributed by atoms with Crippen molar-refractivity contribution in [3.63, 3.8) is 0 Å². The van der Waals surface area contributed by atoms with Gasteiger partial charge in [0.15, 0.2) is 0 Å². The molecule has 1 unspecified atom stereocenters. The smallest absolute Gasteiger partial charge is 0.406 e. The molecule has 2 nitrogen and oxygen atoms in total. The van der Waals surface area contributed by atoms with Crippen LogP contribution in [0.15, 0.2) is 24.3 Å². The van der Waals surface area contributed by atoms with Crippen LogP contribution in [0, 0.1) is 5.92 Å². The van der Waals surface area contributed by atoms with Crippen LogP contribution in [0.25, 0.3) is 0 Å². The number of alkyl halides is 3. The average Bonchev–Trinajstić information content (AvgIpc) is 2.22. The maximum absolute atomic E-state index is 12.0. The molecule has 1 aromatic carbocycles. The standard InChI is InChI=1S/C13H16F3NO/c14-13(15,16)18-11-6-4-10(5-7-11)12(17)8-9-2-1-3-9/h4-7,9,12H,1-3,8,17H2. The number of nitrogens with two attached hydrogens (primary N) is 1. The number of hydrogen-bond donors (Lipinski definition) is 1. The number of halogens is 3. The highest BCUT2D eigenvalue weighted by Gasteiger charge is 2.31. The van der Waals surface area contributed by atoms with Crippen molar-refractivity contribution in [1.29, 1.82) is 0 Å². The predicted octanol–water partition coefficient (Wildman–Crippen LogP) is 3.78. The second-order valence-corrected chi connectivity index (χ2v) is 4.76. The van der Waals surface area contributed by atoms with Crippen molar-refractivity contribution in [3.05, 3.63) is 29.8 Å². The minimum atomic E-state index is -4.64. The summed E-state index contributed by atoms with van der Waals surface area (Å²) in [6.45, 7) is 0. The Balaban J connectivity index is 1.93. The van der Waals surface area contributed by atoms with Gasteiger partial charge >= 0.3 is 6.36 Å². The normalized spacial score (nSPS) is 18.2. The molecule has 1 saturated carbocycles. The van der Waals surface area contributed by atoms with Gasteiger partial charge in [-0.1, -0.05) is 31.4 Å². The number of rotatable bonds is 4. The Morgan fingerprint density at radius 3 is 2.28 bits per heavy atom. The number of hydrogen-bond acceptors (Lipinski definition) is 2. The molecule has 0 aromatic heterocycles. The summed E-state index contributed by atoms with van der Waals surface area (Å²) < 4.78 is 39.7.